The first-order valence-electron chi connectivity index (χ1n) is 6.37. The molecule has 0 saturated heterocycles. The fourth-order valence-corrected chi connectivity index (χ4v) is 1.43. The van der Waals surface area contributed by atoms with Crippen LogP contribution in [-0.4, -0.2) is 50.7 Å². The summed E-state index contributed by atoms with van der Waals surface area (Å²) in [5, 5.41) is 12.8. The molecule has 2 N–H and O–H groups in total. The van der Waals surface area contributed by atoms with Gasteiger partial charge in [0.05, 0.1) is 12.7 Å². The second-order valence-electron chi connectivity index (χ2n) is 4.39. The lowest BCUT2D eigenvalue weighted by atomic mass is 10.3. The second-order valence-corrected chi connectivity index (χ2v) is 4.39. The van der Waals surface area contributed by atoms with Crippen molar-refractivity contribution in [3.63, 3.8) is 0 Å². The lowest BCUT2D eigenvalue weighted by molar-refractivity contribution is 0.0323. The Morgan fingerprint density at radius 2 is 2.19 bits per heavy atom. The normalized spacial score (nSPS) is 17.6. The zero-order valence-electron chi connectivity index (χ0n) is 10.3. The van der Waals surface area contributed by atoms with Crippen molar-refractivity contribution < 1.29 is 14.6 Å². The van der Waals surface area contributed by atoms with E-state index in [1.807, 2.05) is 6.92 Å². The van der Waals surface area contributed by atoms with Crippen LogP contribution in [-0.2, 0) is 9.47 Å². The second kappa shape index (κ2) is 8.93. The Bertz CT molecular complexity index is 162. The van der Waals surface area contributed by atoms with Gasteiger partial charge in [0, 0.05) is 26.4 Å². The van der Waals surface area contributed by atoms with Crippen LogP contribution in [0.25, 0.3) is 0 Å². The lowest BCUT2D eigenvalue weighted by Gasteiger charge is -2.12. The van der Waals surface area contributed by atoms with E-state index in [-0.39, 0.29) is 6.10 Å². The van der Waals surface area contributed by atoms with Crippen LogP contribution in [0.15, 0.2) is 0 Å². The molecule has 1 rings (SSSR count). The molecule has 0 aliphatic heterocycles. The number of aliphatic hydroxyl groups is 1. The van der Waals surface area contributed by atoms with Crippen molar-refractivity contribution in [2.24, 2.45) is 5.92 Å². The van der Waals surface area contributed by atoms with Crippen molar-refractivity contribution >= 4 is 0 Å². The highest BCUT2D eigenvalue weighted by Gasteiger charge is 2.21. The number of hydrogen-bond donors (Lipinski definition) is 2. The van der Waals surface area contributed by atoms with Crippen LogP contribution in [0.5, 0.6) is 0 Å². The lowest BCUT2D eigenvalue weighted by Crippen LogP contribution is -2.31. The molecule has 1 aliphatic carbocycles. The van der Waals surface area contributed by atoms with Gasteiger partial charge < -0.3 is 19.9 Å². The van der Waals surface area contributed by atoms with E-state index in [9.17, 15) is 5.11 Å². The van der Waals surface area contributed by atoms with Crippen molar-refractivity contribution in [2.75, 3.05) is 39.5 Å². The first-order chi connectivity index (χ1) is 7.83. The third-order valence-corrected chi connectivity index (χ3v) is 2.59. The van der Waals surface area contributed by atoms with Gasteiger partial charge >= 0.3 is 0 Å². The first-order valence-corrected chi connectivity index (χ1v) is 6.37. The Morgan fingerprint density at radius 3 is 2.88 bits per heavy atom. The molecule has 1 fully saturated rings. The average molecular weight is 231 g/mol. The Labute approximate surface area is 98.3 Å². The molecule has 0 spiro atoms. The van der Waals surface area contributed by atoms with Crippen LogP contribution in [0.4, 0.5) is 0 Å². The Morgan fingerprint density at radius 1 is 1.38 bits per heavy atom. The maximum absolute atomic E-state index is 9.57. The van der Waals surface area contributed by atoms with E-state index in [4.69, 9.17) is 9.47 Å². The summed E-state index contributed by atoms with van der Waals surface area (Å²) in [4.78, 5) is 0. The van der Waals surface area contributed by atoms with E-state index in [1.165, 1.54) is 12.8 Å². The first kappa shape index (κ1) is 13.9. The summed E-state index contributed by atoms with van der Waals surface area (Å²) in [7, 11) is 0. The van der Waals surface area contributed by atoms with Gasteiger partial charge in [-0.05, 0) is 38.6 Å². The monoisotopic (exact) mass is 231 g/mol. The van der Waals surface area contributed by atoms with Crippen molar-refractivity contribution in [3.05, 3.63) is 0 Å². The topological polar surface area (TPSA) is 50.7 Å². The quantitative estimate of drug-likeness (QED) is 0.516. The van der Waals surface area contributed by atoms with Crippen molar-refractivity contribution in [1.82, 2.24) is 5.32 Å². The Kier molecular flexibility index (Phi) is 7.76. The molecular weight excluding hydrogens is 206 g/mol. The van der Waals surface area contributed by atoms with Gasteiger partial charge in [-0.25, -0.2) is 0 Å². The van der Waals surface area contributed by atoms with Gasteiger partial charge in [0.1, 0.15) is 0 Å². The zero-order valence-corrected chi connectivity index (χ0v) is 10.3. The van der Waals surface area contributed by atoms with Crippen molar-refractivity contribution in [3.8, 4) is 0 Å². The van der Waals surface area contributed by atoms with Gasteiger partial charge in [0.25, 0.3) is 0 Å². The summed E-state index contributed by atoms with van der Waals surface area (Å²) in [6.07, 6.45) is 3.20. The maximum atomic E-state index is 9.57. The maximum Gasteiger partial charge on any atom is 0.0897 e. The van der Waals surface area contributed by atoms with Crippen LogP contribution in [0, 0.1) is 5.92 Å². The van der Waals surface area contributed by atoms with Crippen LogP contribution in [0.2, 0.25) is 0 Å². The number of ether oxygens (including phenoxy) is 2. The highest BCUT2D eigenvalue weighted by atomic mass is 16.5. The van der Waals surface area contributed by atoms with E-state index in [2.05, 4.69) is 5.32 Å². The molecule has 4 nitrogen and oxygen atoms in total. The minimum absolute atomic E-state index is 0.383. The molecule has 96 valence electrons. The van der Waals surface area contributed by atoms with Gasteiger partial charge in [-0.2, -0.15) is 0 Å². The summed E-state index contributed by atoms with van der Waals surface area (Å²) >= 11 is 0. The molecule has 1 unspecified atom stereocenters. The fraction of sp³-hybridized carbons (Fsp3) is 1.00. The largest absolute Gasteiger partial charge is 0.389 e. The van der Waals surface area contributed by atoms with E-state index in [0.717, 1.165) is 38.7 Å². The molecule has 0 amide bonds. The molecular formula is C12H25NO3. The molecule has 4 heteroatoms. The van der Waals surface area contributed by atoms with Gasteiger partial charge in [-0.3, -0.25) is 0 Å². The molecule has 0 aromatic carbocycles. The molecule has 1 aliphatic rings. The van der Waals surface area contributed by atoms with Gasteiger partial charge in [-0.1, -0.05) is 0 Å². The molecule has 0 bridgehead atoms. The SMILES string of the molecule is CCOCCCNCC(O)COCC1CC1. The minimum Gasteiger partial charge on any atom is -0.389 e. The number of nitrogens with one attached hydrogen (secondary N) is 1. The summed E-state index contributed by atoms with van der Waals surface area (Å²) in [6, 6.07) is 0. The standard InChI is InChI=1S/C12H25NO3/c1-2-15-7-3-6-13-8-12(14)10-16-9-11-4-5-11/h11-14H,2-10H2,1H3. The van der Waals surface area contributed by atoms with Crippen molar-refractivity contribution in [1.29, 1.82) is 0 Å². The molecule has 0 radical (unpaired) electrons. The summed E-state index contributed by atoms with van der Waals surface area (Å²) < 4.78 is 10.6. The van der Waals surface area contributed by atoms with Crippen LogP contribution in [0.1, 0.15) is 26.2 Å². The predicted octanol–water partition coefficient (Wildman–Crippen LogP) is 0.790. The molecule has 16 heavy (non-hydrogen) atoms. The third-order valence-electron chi connectivity index (χ3n) is 2.59. The molecule has 0 aromatic rings. The summed E-state index contributed by atoms with van der Waals surface area (Å²) in [5.74, 6) is 0.770. The van der Waals surface area contributed by atoms with Crippen LogP contribution >= 0.6 is 0 Å². The van der Waals surface area contributed by atoms with E-state index < -0.39 is 0 Å². The van der Waals surface area contributed by atoms with Crippen LogP contribution in [0.3, 0.4) is 0 Å². The van der Waals surface area contributed by atoms with E-state index >= 15 is 0 Å². The minimum atomic E-state index is -0.383. The van der Waals surface area contributed by atoms with Gasteiger partial charge in [0.15, 0.2) is 0 Å². The zero-order chi connectivity index (χ0) is 11.6. The molecule has 0 aromatic heterocycles. The molecule has 0 heterocycles. The smallest absolute Gasteiger partial charge is 0.0897 e. The average Bonchev–Trinajstić information content (AvgIpc) is 3.07. The van der Waals surface area contributed by atoms with E-state index in [0.29, 0.717) is 13.2 Å². The highest BCUT2D eigenvalue weighted by Crippen LogP contribution is 2.28. The molecule has 1 saturated carbocycles. The number of aliphatic hydroxyl groups excluding tert-OH is 1. The third kappa shape index (κ3) is 8.05. The predicted molar refractivity (Wildman–Crippen MR) is 63.5 cm³/mol. The summed E-state index contributed by atoms with van der Waals surface area (Å²) in [6.45, 7) is 6.33. The Balaban J connectivity index is 1.76. The van der Waals surface area contributed by atoms with Crippen molar-refractivity contribution in [2.45, 2.75) is 32.3 Å². The summed E-state index contributed by atoms with van der Waals surface area (Å²) in [5.41, 5.74) is 0. The fourth-order valence-electron chi connectivity index (χ4n) is 1.43. The molecule has 1 atom stereocenters. The van der Waals surface area contributed by atoms with E-state index in [1.54, 1.807) is 0 Å². The number of hydrogen-bond acceptors (Lipinski definition) is 4. The number of rotatable bonds is 11. The Hall–Kier alpha value is -0.160. The van der Waals surface area contributed by atoms with Gasteiger partial charge in [0.2, 0.25) is 0 Å². The van der Waals surface area contributed by atoms with Gasteiger partial charge in [-0.15, -0.1) is 0 Å². The van der Waals surface area contributed by atoms with Crippen LogP contribution < -0.4 is 5.32 Å². The highest BCUT2D eigenvalue weighted by molar-refractivity contribution is 4.72.